The lowest BCUT2D eigenvalue weighted by molar-refractivity contribution is 0.0280. The maximum Gasteiger partial charge on any atom is 0.339 e. The molecule has 1 unspecified atom stereocenters. The topological polar surface area (TPSA) is 43.4 Å². The second-order valence-electron chi connectivity index (χ2n) is 5.40. The van der Waals surface area contributed by atoms with Crippen LogP contribution in [-0.4, -0.2) is 11.8 Å². The molecule has 0 aliphatic heterocycles. The zero-order chi connectivity index (χ0) is 17.6. The fourth-order valence-electron chi connectivity index (χ4n) is 2.45. The van der Waals surface area contributed by atoms with Gasteiger partial charge in [-0.1, -0.05) is 78.3 Å². The van der Waals surface area contributed by atoms with Gasteiger partial charge in [-0.05, 0) is 18.2 Å². The lowest BCUT2D eigenvalue weighted by Gasteiger charge is -2.18. The van der Waals surface area contributed by atoms with Crippen molar-refractivity contribution in [2.45, 2.75) is 6.10 Å². The van der Waals surface area contributed by atoms with Crippen LogP contribution in [0.5, 0.6) is 0 Å². The zero-order valence-corrected chi connectivity index (χ0v) is 14.0. The van der Waals surface area contributed by atoms with E-state index in [1.165, 1.54) is 0 Å². The Balaban J connectivity index is 1.96. The third kappa shape index (κ3) is 3.95. The van der Waals surface area contributed by atoms with Crippen LogP contribution in [-0.2, 0) is 4.74 Å². The van der Waals surface area contributed by atoms with E-state index in [1.54, 1.807) is 78.9 Å². The third-order valence-corrected chi connectivity index (χ3v) is 4.06. The Bertz CT molecular complexity index is 876. The minimum atomic E-state index is -1.11. The Morgan fingerprint density at radius 1 is 0.720 bits per heavy atom. The van der Waals surface area contributed by atoms with Gasteiger partial charge in [-0.2, -0.15) is 0 Å². The van der Waals surface area contributed by atoms with Gasteiger partial charge in [0, 0.05) is 16.1 Å². The Labute approximate surface area is 150 Å². The van der Waals surface area contributed by atoms with Crippen LogP contribution in [0, 0.1) is 0 Å². The monoisotopic (exact) mass is 350 g/mol. The second-order valence-corrected chi connectivity index (χ2v) is 5.81. The van der Waals surface area contributed by atoms with Gasteiger partial charge in [0.15, 0.2) is 6.10 Å². The first-order valence-electron chi connectivity index (χ1n) is 7.76. The minimum absolute atomic E-state index is 0.321. The van der Waals surface area contributed by atoms with Crippen molar-refractivity contribution in [1.29, 1.82) is 0 Å². The van der Waals surface area contributed by atoms with Crippen molar-refractivity contribution < 1.29 is 14.3 Å². The third-order valence-electron chi connectivity index (χ3n) is 3.72. The summed E-state index contributed by atoms with van der Waals surface area (Å²) in [6.07, 6.45) is -1.11. The normalized spacial score (nSPS) is 11.6. The fourth-order valence-corrected chi connectivity index (χ4v) is 2.68. The first-order valence-corrected chi connectivity index (χ1v) is 8.14. The molecule has 0 spiro atoms. The van der Waals surface area contributed by atoms with E-state index in [9.17, 15) is 9.59 Å². The summed E-state index contributed by atoms with van der Waals surface area (Å²) in [5.74, 6) is -0.896. The Kier molecular flexibility index (Phi) is 5.26. The van der Waals surface area contributed by atoms with Crippen LogP contribution >= 0.6 is 11.6 Å². The molecular weight excluding hydrogens is 336 g/mol. The van der Waals surface area contributed by atoms with Gasteiger partial charge in [0.25, 0.3) is 0 Å². The average molecular weight is 351 g/mol. The molecule has 124 valence electrons. The Morgan fingerprint density at radius 3 is 1.84 bits per heavy atom. The van der Waals surface area contributed by atoms with Crippen LogP contribution in [0.4, 0.5) is 0 Å². The molecule has 3 rings (SSSR count). The molecule has 0 fully saturated rings. The van der Waals surface area contributed by atoms with Gasteiger partial charge in [-0.15, -0.1) is 0 Å². The number of carbonyl (C=O) groups is 2. The first-order chi connectivity index (χ1) is 12.2. The number of halogens is 1. The van der Waals surface area contributed by atoms with E-state index in [0.717, 1.165) is 0 Å². The van der Waals surface area contributed by atoms with Crippen molar-refractivity contribution in [2.75, 3.05) is 0 Å². The molecule has 3 aromatic rings. The molecule has 3 aromatic carbocycles. The van der Waals surface area contributed by atoms with Gasteiger partial charge in [-0.3, -0.25) is 4.79 Å². The summed E-state index contributed by atoms with van der Waals surface area (Å²) in [6.45, 7) is 0. The molecule has 4 heteroatoms. The number of esters is 1. The van der Waals surface area contributed by atoms with E-state index in [2.05, 4.69) is 0 Å². The highest BCUT2D eigenvalue weighted by Gasteiger charge is 2.28. The molecule has 0 N–H and O–H groups in total. The first kappa shape index (κ1) is 16.9. The Morgan fingerprint density at radius 2 is 1.24 bits per heavy atom. The SMILES string of the molecule is O=C(OC(C(=O)c1ccccc1)c1ccccc1Cl)c1ccccc1. The van der Waals surface area contributed by atoms with Gasteiger partial charge < -0.3 is 4.74 Å². The summed E-state index contributed by atoms with van der Waals surface area (Å²) in [5.41, 5.74) is 1.29. The van der Waals surface area contributed by atoms with Crippen molar-refractivity contribution in [3.05, 3.63) is 107 Å². The van der Waals surface area contributed by atoms with Crippen LogP contribution in [0.3, 0.4) is 0 Å². The van der Waals surface area contributed by atoms with Gasteiger partial charge in [-0.25, -0.2) is 4.79 Å². The predicted octanol–water partition coefficient (Wildman–Crippen LogP) is 5.12. The van der Waals surface area contributed by atoms with E-state index < -0.39 is 12.1 Å². The van der Waals surface area contributed by atoms with Gasteiger partial charge >= 0.3 is 5.97 Å². The smallest absolute Gasteiger partial charge is 0.339 e. The second kappa shape index (κ2) is 7.77. The zero-order valence-electron chi connectivity index (χ0n) is 13.3. The predicted molar refractivity (Wildman–Crippen MR) is 96.8 cm³/mol. The summed E-state index contributed by atoms with van der Waals surface area (Å²) >= 11 is 6.24. The minimum Gasteiger partial charge on any atom is -0.445 e. The van der Waals surface area contributed by atoms with Crippen LogP contribution in [0.1, 0.15) is 32.4 Å². The number of ether oxygens (including phenoxy) is 1. The van der Waals surface area contributed by atoms with Gasteiger partial charge in [0.1, 0.15) is 0 Å². The standard InChI is InChI=1S/C21H15ClO3/c22-18-14-8-7-13-17(18)20(19(23)15-9-3-1-4-10-15)25-21(24)16-11-5-2-6-12-16/h1-14,20H. The molecule has 3 nitrogen and oxygen atoms in total. The van der Waals surface area contributed by atoms with E-state index in [-0.39, 0.29) is 5.78 Å². The quantitative estimate of drug-likeness (QED) is 0.473. The van der Waals surface area contributed by atoms with Crippen LogP contribution in [0.2, 0.25) is 5.02 Å². The summed E-state index contributed by atoms with van der Waals surface area (Å²) in [6, 6.07) is 24.1. The van der Waals surface area contributed by atoms with E-state index in [0.29, 0.717) is 21.7 Å². The number of rotatable bonds is 5. The van der Waals surface area contributed by atoms with Crippen LogP contribution < -0.4 is 0 Å². The highest BCUT2D eigenvalue weighted by atomic mass is 35.5. The lowest BCUT2D eigenvalue weighted by Crippen LogP contribution is -2.20. The molecule has 0 bridgehead atoms. The molecule has 0 aromatic heterocycles. The van der Waals surface area contributed by atoms with Crippen molar-refractivity contribution in [3.63, 3.8) is 0 Å². The summed E-state index contributed by atoms with van der Waals surface area (Å²) in [7, 11) is 0. The number of carbonyl (C=O) groups excluding carboxylic acids is 2. The number of hydrogen-bond acceptors (Lipinski definition) is 3. The number of Topliss-reactive ketones (excluding diaryl/α,β-unsaturated/α-hetero) is 1. The molecule has 0 amide bonds. The van der Waals surface area contributed by atoms with Crippen molar-refractivity contribution in [3.8, 4) is 0 Å². The summed E-state index contributed by atoms with van der Waals surface area (Å²) < 4.78 is 5.55. The van der Waals surface area contributed by atoms with Crippen molar-refractivity contribution in [1.82, 2.24) is 0 Å². The maximum atomic E-state index is 12.9. The van der Waals surface area contributed by atoms with Crippen LogP contribution in [0.25, 0.3) is 0 Å². The van der Waals surface area contributed by atoms with Crippen LogP contribution in [0.15, 0.2) is 84.9 Å². The number of benzene rings is 3. The molecular formula is C21H15ClO3. The van der Waals surface area contributed by atoms with Crippen molar-refractivity contribution >= 4 is 23.4 Å². The highest BCUT2D eigenvalue weighted by molar-refractivity contribution is 6.31. The maximum absolute atomic E-state index is 12.9. The van der Waals surface area contributed by atoms with Gasteiger partial charge in [0.2, 0.25) is 5.78 Å². The van der Waals surface area contributed by atoms with Crippen molar-refractivity contribution in [2.24, 2.45) is 0 Å². The van der Waals surface area contributed by atoms with Gasteiger partial charge in [0.05, 0.1) is 5.56 Å². The molecule has 0 aliphatic carbocycles. The average Bonchev–Trinajstić information content (AvgIpc) is 2.67. The van der Waals surface area contributed by atoms with E-state index in [4.69, 9.17) is 16.3 Å². The molecule has 0 aliphatic rings. The molecule has 0 radical (unpaired) electrons. The largest absolute Gasteiger partial charge is 0.445 e. The van der Waals surface area contributed by atoms with E-state index in [1.807, 2.05) is 6.07 Å². The fraction of sp³-hybridized carbons (Fsp3) is 0.0476. The molecule has 1 atom stereocenters. The molecule has 25 heavy (non-hydrogen) atoms. The molecule has 0 saturated heterocycles. The summed E-state index contributed by atoms with van der Waals surface area (Å²) in [5, 5.41) is 0.373. The Hall–Kier alpha value is -2.91. The van der Waals surface area contributed by atoms with E-state index >= 15 is 0 Å². The number of ketones is 1. The number of hydrogen-bond donors (Lipinski definition) is 0. The highest BCUT2D eigenvalue weighted by Crippen LogP contribution is 2.29. The lowest BCUT2D eigenvalue weighted by atomic mass is 9.99. The molecule has 0 heterocycles. The summed E-state index contributed by atoms with van der Waals surface area (Å²) in [4.78, 5) is 25.4. The molecule has 0 saturated carbocycles.